The van der Waals surface area contributed by atoms with Crippen molar-refractivity contribution < 1.29 is 19.1 Å². The number of hydrogen-bond acceptors (Lipinski definition) is 4. The highest BCUT2D eigenvalue weighted by Crippen LogP contribution is 2.34. The largest absolute Gasteiger partial charge is 0.490 e. The van der Waals surface area contributed by atoms with Gasteiger partial charge in [0.15, 0.2) is 0 Å². The molecule has 0 bridgehead atoms. The molecule has 124 valence electrons. The molecule has 1 N–H and O–H groups in total. The Morgan fingerprint density at radius 3 is 2.67 bits per heavy atom. The average Bonchev–Trinajstić information content (AvgIpc) is 2.61. The number of nitrogens with zero attached hydrogens (tertiary/aromatic N) is 1. The number of amides is 2. The van der Waals surface area contributed by atoms with Crippen LogP contribution in [0.15, 0.2) is 42.5 Å². The Hall–Kier alpha value is -2.73. The average molecular weight is 347 g/mol. The maximum atomic E-state index is 12.5. The summed E-state index contributed by atoms with van der Waals surface area (Å²) in [4.78, 5) is 25.5. The molecule has 0 spiro atoms. The van der Waals surface area contributed by atoms with E-state index in [1.165, 1.54) is 7.11 Å². The topological polar surface area (TPSA) is 67.9 Å². The van der Waals surface area contributed by atoms with Crippen molar-refractivity contribution in [3.63, 3.8) is 0 Å². The minimum atomic E-state index is -0.426. The number of ether oxygens (including phenoxy) is 2. The lowest BCUT2D eigenvalue weighted by molar-refractivity contribution is 0.0601. The fraction of sp³-hybridized carbons (Fsp3) is 0.176. The van der Waals surface area contributed by atoms with E-state index in [9.17, 15) is 9.59 Å². The molecule has 3 rings (SSSR count). The third-order valence-electron chi connectivity index (χ3n) is 3.59. The Morgan fingerprint density at radius 2 is 1.96 bits per heavy atom. The summed E-state index contributed by atoms with van der Waals surface area (Å²) in [6.07, 6.45) is 0. The maximum Gasteiger partial charge on any atom is 0.337 e. The third kappa shape index (κ3) is 3.28. The highest BCUT2D eigenvalue weighted by Gasteiger charge is 2.24. The molecule has 1 aliphatic heterocycles. The molecule has 0 unspecified atom stereocenters. The van der Waals surface area contributed by atoms with E-state index in [0.29, 0.717) is 40.9 Å². The quantitative estimate of drug-likeness (QED) is 0.844. The first kappa shape index (κ1) is 16.1. The van der Waals surface area contributed by atoms with Gasteiger partial charge in [-0.2, -0.15) is 0 Å². The fourth-order valence-electron chi connectivity index (χ4n) is 2.40. The summed E-state index contributed by atoms with van der Waals surface area (Å²) in [6.45, 7) is 0.822. The number of nitrogens with one attached hydrogen (secondary N) is 1. The van der Waals surface area contributed by atoms with Gasteiger partial charge in [-0.15, -0.1) is 0 Å². The number of rotatable bonds is 2. The van der Waals surface area contributed by atoms with E-state index in [1.54, 1.807) is 47.4 Å². The van der Waals surface area contributed by atoms with Gasteiger partial charge in [-0.25, -0.2) is 9.59 Å². The van der Waals surface area contributed by atoms with E-state index in [0.717, 1.165) is 0 Å². The summed E-state index contributed by atoms with van der Waals surface area (Å²) in [5.74, 6) is 0.187. The summed E-state index contributed by atoms with van der Waals surface area (Å²) < 4.78 is 10.2. The number of benzene rings is 2. The van der Waals surface area contributed by atoms with Gasteiger partial charge in [0.1, 0.15) is 12.4 Å². The Balaban J connectivity index is 1.76. The molecule has 1 heterocycles. The van der Waals surface area contributed by atoms with Crippen molar-refractivity contribution in [1.29, 1.82) is 0 Å². The van der Waals surface area contributed by atoms with E-state index in [2.05, 4.69) is 10.1 Å². The SMILES string of the molecule is COC(=O)c1ccc(NC(=O)N2CCOc3ccc(Cl)cc32)cc1. The minimum absolute atomic E-state index is 0.298. The summed E-state index contributed by atoms with van der Waals surface area (Å²) in [6, 6.07) is 11.3. The van der Waals surface area contributed by atoms with Crippen molar-refractivity contribution >= 4 is 35.0 Å². The van der Waals surface area contributed by atoms with E-state index in [1.807, 2.05) is 0 Å². The van der Waals surface area contributed by atoms with Crippen molar-refractivity contribution in [3.8, 4) is 5.75 Å². The number of carbonyl (C=O) groups is 2. The molecule has 0 radical (unpaired) electrons. The normalized spacial score (nSPS) is 12.8. The van der Waals surface area contributed by atoms with Gasteiger partial charge in [0.25, 0.3) is 0 Å². The summed E-state index contributed by atoms with van der Waals surface area (Å²) in [5, 5.41) is 3.32. The molecule has 0 aromatic heterocycles. The van der Waals surface area contributed by atoms with Crippen LogP contribution in [0, 0.1) is 0 Å². The van der Waals surface area contributed by atoms with E-state index in [-0.39, 0.29) is 6.03 Å². The number of anilines is 2. The van der Waals surface area contributed by atoms with Crippen LogP contribution in [0.2, 0.25) is 5.02 Å². The minimum Gasteiger partial charge on any atom is -0.490 e. The van der Waals surface area contributed by atoms with Crippen molar-refractivity contribution in [1.82, 2.24) is 0 Å². The Labute approximate surface area is 143 Å². The van der Waals surface area contributed by atoms with Crippen LogP contribution < -0.4 is 15.0 Å². The van der Waals surface area contributed by atoms with Gasteiger partial charge in [0.05, 0.1) is 24.9 Å². The second kappa shape index (κ2) is 6.80. The number of carbonyl (C=O) groups excluding carboxylic acids is 2. The molecule has 1 aliphatic rings. The molecule has 0 atom stereocenters. The number of fused-ring (bicyclic) bond motifs is 1. The molecule has 2 aromatic carbocycles. The molecule has 2 aromatic rings. The molecule has 2 amide bonds. The molecule has 0 aliphatic carbocycles. The Morgan fingerprint density at radius 1 is 1.21 bits per heavy atom. The van der Waals surface area contributed by atoms with Crippen LogP contribution in [-0.2, 0) is 4.74 Å². The molecule has 0 saturated carbocycles. The Bertz CT molecular complexity index is 777. The zero-order valence-corrected chi connectivity index (χ0v) is 13.7. The van der Waals surface area contributed by atoms with Crippen LogP contribution in [0.4, 0.5) is 16.2 Å². The number of esters is 1. The fourth-order valence-corrected chi connectivity index (χ4v) is 2.57. The highest BCUT2D eigenvalue weighted by molar-refractivity contribution is 6.31. The smallest absolute Gasteiger partial charge is 0.337 e. The van der Waals surface area contributed by atoms with Crippen LogP contribution in [0.3, 0.4) is 0 Å². The summed E-state index contributed by atoms with van der Waals surface area (Å²) >= 11 is 6.01. The van der Waals surface area contributed by atoms with Crippen molar-refractivity contribution in [3.05, 3.63) is 53.1 Å². The summed E-state index contributed by atoms with van der Waals surface area (Å²) in [7, 11) is 1.32. The van der Waals surface area contributed by atoms with E-state index < -0.39 is 5.97 Å². The Kier molecular flexibility index (Phi) is 4.57. The molecular formula is C17H15ClN2O4. The van der Waals surface area contributed by atoms with Crippen molar-refractivity contribution in [2.24, 2.45) is 0 Å². The lowest BCUT2D eigenvalue weighted by atomic mass is 10.2. The molecular weight excluding hydrogens is 332 g/mol. The van der Waals surface area contributed by atoms with Gasteiger partial charge in [0.2, 0.25) is 0 Å². The van der Waals surface area contributed by atoms with Gasteiger partial charge in [-0.1, -0.05) is 11.6 Å². The molecule has 0 saturated heterocycles. The second-order valence-corrected chi connectivity index (χ2v) is 5.55. The first-order valence-corrected chi connectivity index (χ1v) is 7.65. The molecule has 7 heteroatoms. The predicted octanol–water partition coefficient (Wildman–Crippen LogP) is 3.56. The maximum absolute atomic E-state index is 12.5. The van der Waals surface area contributed by atoms with Crippen LogP contribution in [0.5, 0.6) is 5.75 Å². The van der Waals surface area contributed by atoms with E-state index in [4.69, 9.17) is 16.3 Å². The van der Waals surface area contributed by atoms with Crippen LogP contribution in [0.25, 0.3) is 0 Å². The van der Waals surface area contributed by atoms with Crippen molar-refractivity contribution in [2.45, 2.75) is 0 Å². The van der Waals surface area contributed by atoms with Gasteiger partial charge in [0, 0.05) is 10.7 Å². The molecule has 24 heavy (non-hydrogen) atoms. The third-order valence-corrected chi connectivity index (χ3v) is 3.82. The van der Waals surface area contributed by atoms with Crippen LogP contribution >= 0.6 is 11.6 Å². The first-order valence-electron chi connectivity index (χ1n) is 7.28. The van der Waals surface area contributed by atoms with Gasteiger partial charge >= 0.3 is 12.0 Å². The van der Waals surface area contributed by atoms with Crippen LogP contribution in [0.1, 0.15) is 10.4 Å². The zero-order valence-electron chi connectivity index (χ0n) is 12.9. The van der Waals surface area contributed by atoms with Gasteiger partial charge in [-0.05, 0) is 42.5 Å². The highest BCUT2D eigenvalue weighted by atomic mass is 35.5. The van der Waals surface area contributed by atoms with Gasteiger partial charge < -0.3 is 14.8 Å². The zero-order chi connectivity index (χ0) is 17.1. The lowest BCUT2D eigenvalue weighted by Crippen LogP contribution is -2.40. The van der Waals surface area contributed by atoms with Gasteiger partial charge in [-0.3, -0.25) is 4.90 Å². The summed E-state index contributed by atoms with van der Waals surface area (Å²) in [5.41, 5.74) is 1.61. The van der Waals surface area contributed by atoms with E-state index >= 15 is 0 Å². The predicted molar refractivity (Wildman–Crippen MR) is 91.1 cm³/mol. The second-order valence-electron chi connectivity index (χ2n) is 5.11. The number of methoxy groups -OCH3 is 1. The monoisotopic (exact) mass is 346 g/mol. The number of halogens is 1. The lowest BCUT2D eigenvalue weighted by Gasteiger charge is -2.29. The molecule has 0 fully saturated rings. The number of urea groups is 1. The molecule has 6 nitrogen and oxygen atoms in total. The van der Waals surface area contributed by atoms with Crippen LogP contribution in [-0.4, -0.2) is 32.3 Å². The first-order chi connectivity index (χ1) is 11.6. The standard InChI is InChI=1S/C17H15ClN2O4/c1-23-16(21)11-2-5-13(6-3-11)19-17(22)20-8-9-24-15-7-4-12(18)10-14(15)20/h2-7,10H,8-9H2,1H3,(H,19,22). The number of hydrogen-bond donors (Lipinski definition) is 1. The van der Waals surface area contributed by atoms with Crippen molar-refractivity contribution in [2.75, 3.05) is 30.5 Å².